The first-order valence-corrected chi connectivity index (χ1v) is 10.7. The molecule has 0 spiro atoms. The van der Waals surface area contributed by atoms with Crippen molar-refractivity contribution in [3.8, 4) is 11.7 Å². The van der Waals surface area contributed by atoms with E-state index in [2.05, 4.69) is 31.9 Å². The zero-order chi connectivity index (χ0) is 20.8. The third-order valence-electron chi connectivity index (χ3n) is 4.74. The number of thioether (sulfide) groups is 1. The van der Waals surface area contributed by atoms with Crippen molar-refractivity contribution < 1.29 is 13.6 Å². The van der Waals surface area contributed by atoms with Gasteiger partial charge >= 0.3 is 0 Å². The van der Waals surface area contributed by atoms with Gasteiger partial charge in [0.15, 0.2) is 5.76 Å². The molecule has 2 aromatic heterocycles. The van der Waals surface area contributed by atoms with Crippen molar-refractivity contribution in [2.24, 2.45) is 0 Å². The first kappa shape index (κ1) is 20.2. The summed E-state index contributed by atoms with van der Waals surface area (Å²) in [6, 6.07) is 11.4. The third kappa shape index (κ3) is 5.11. The molecule has 0 aliphatic carbocycles. The average Bonchev–Trinajstić information content (AvgIpc) is 3.46. The van der Waals surface area contributed by atoms with Crippen LogP contribution in [0.4, 0.5) is 11.4 Å². The van der Waals surface area contributed by atoms with Crippen molar-refractivity contribution in [1.82, 2.24) is 15.1 Å². The maximum absolute atomic E-state index is 12.2. The first-order chi connectivity index (χ1) is 14.7. The van der Waals surface area contributed by atoms with E-state index in [-0.39, 0.29) is 11.7 Å². The third-order valence-corrected chi connectivity index (χ3v) is 5.56. The normalized spacial score (nSPS) is 14.6. The number of hydrogen-bond donors (Lipinski definition) is 1. The molecule has 0 radical (unpaired) electrons. The second-order valence-corrected chi connectivity index (χ2v) is 7.74. The molecule has 4 rings (SSSR count). The maximum Gasteiger partial charge on any atom is 0.284 e. The summed E-state index contributed by atoms with van der Waals surface area (Å²) in [5.41, 5.74) is 1.92. The van der Waals surface area contributed by atoms with Gasteiger partial charge in [0.1, 0.15) is 0 Å². The lowest BCUT2D eigenvalue weighted by molar-refractivity contribution is -0.113. The topological polar surface area (TPSA) is 87.6 Å². The largest absolute Gasteiger partial charge is 0.459 e. The van der Waals surface area contributed by atoms with Crippen LogP contribution < -0.4 is 10.2 Å². The zero-order valence-corrected chi connectivity index (χ0v) is 17.3. The number of carbonyl (C=O) groups excluding carboxylic acids is 1. The minimum Gasteiger partial charge on any atom is -0.459 e. The fourth-order valence-corrected chi connectivity index (χ4v) is 3.78. The van der Waals surface area contributed by atoms with Crippen molar-refractivity contribution in [1.29, 1.82) is 0 Å². The highest BCUT2D eigenvalue weighted by molar-refractivity contribution is 7.99. The fourth-order valence-electron chi connectivity index (χ4n) is 3.22. The van der Waals surface area contributed by atoms with Crippen LogP contribution in [0.1, 0.15) is 0 Å². The first-order valence-electron chi connectivity index (χ1n) is 9.69. The molecule has 1 N–H and O–H groups in total. The van der Waals surface area contributed by atoms with Crippen LogP contribution in [-0.2, 0) is 4.79 Å². The summed E-state index contributed by atoms with van der Waals surface area (Å²) >= 11 is 1.18. The van der Waals surface area contributed by atoms with Crippen molar-refractivity contribution in [3.63, 3.8) is 0 Å². The van der Waals surface area contributed by atoms with Gasteiger partial charge in [-0.1, -0.05) is 17.8 Å². The molecule has 30 heavy (non-hydrogen) atoms. The van der Waals surface area contributed by atoms with Gasteiger partial charge in [-0.2, -0.15) is 0 Å². The molecule has 1 amide bonds. The van der Waals surface area contributed by atoms with E-state index < -0.39 is 0 Å². The van der Waals surface area contributed by atoms with Crippen LogP contribution in [0.2, 0.25) is 0 Å². The molecule has 1 aliphatic rings. The number of aromatic nitrogens is 2. The zero-order valence-electron chi connectivity index (χ0n) is 16.5. The van der Waals surface area contributed by atoms with Crippen LogP contribution in [0.15, 0.2) is 69.4 Å². The fraction of sp³-hybridized carbons (Fsp3) is 0.286. The van der Waals surface area contributed by atoms with E-state index in [0.29, 0.717) is 16.9 Å². The van der Waals surface area contributed by atoms with E-state index >= 15 is 0 Å². The smallest absolute Gasteiger partial charge is 0.284 e. The van der Waals surface area contributed by atoms with E-state index in [9.17, 15) is 4.79 Å². The maximum atomic E-state index is 12.2. The Morgan fingerprint density at radius 3 is 2.67 bits per heavy atom. The summed E-state index contributed by atoms with van der Waals surface area (Å²) in [4.78, 5) is 17.0. The molecule has 3 heterocycles. The van der Waals surface area contributed by atoms with Gasteiger partial charge in [-0.3, -0.25) is 9.69 Å². The lowest BCUT2D eigenvalue weighted by atomic mass is 10.2. The second kappa shape index (κ2) is 9.64. The van der Waals surface area contributed by atoms with Crippen LogP contribution in [0.3, 0.4) is 0 Å². The Hall–Kier alpha value is -3.04. The number of nitrogens with zero attached hydrogens (tertiary/aromatic N) is 4. The van der Waals surface area contributed by atoms with Gasteiger partial charge in [-0.15, -0.1) is 16.8 Å². The molecule has 8 nitrogen and oxygen atoms in total. The number of piperazine rings is 1. The van der Waals surface area contributed by atoms with E-state index in [1.54, 1.807) is 12.1 Å². The number of furan rings is 1. The van der Waals surface area contributed by atoms with Gasteiger partial charge < -0.3 is 19.1 Å². The lowest BCUT2D eigenvalue weighted by Gasteiger charge is -2.35. The van der Waals surface area contributed by atoms with Gasteiger partial charge in [0.05, 0.1) is 12.0 Å². The van der Waals surface area contributed by atoms with Gasteiger partial charge in [0.25, 0.3) is 11.1 Å². The average molecular weight is 426 g/mol. The molecule has 0 bridgehead atoms. The summed E-state index contributed by atoms with van der Waals surface area (Å²) in [5.74, 6) is 0.834. The molecule has 1 aliphatic heterocycles. The van der Waals surface area contributed by atoms with E-state index in [4.69, 9.17) is 8.83 Å². The van der Waals surface area contributed by atoms with Gasteiger partial charge in [-0.25, -0.2) is 0 Å². The number of carbonyl (C=O) groups is 1. The quantitative estimate of drug-likeness (QED) is 0.434. The van der Waals surface area contributed by atoms with Crippen molar-refractivity contribution in [3.05, 3.63) is 55.3 Å². The van der Waals surface area contributed by atoms with Crippen molar-refractivity contribution in [2.45, 2.75) is 5.22 Å². The van der Waals surface area contributed by atoms with Gasteiger partial charge in [0, 0.05) is 44.1 Å². The number of nitrogens with one attached hydrogen (secondary N) is 1. The van der Waals surface area contributed by atoms with Gasteiger partial charge in [0.2, 0.25) is 5.91 Å². The SMILES string of the molecule is C=CCN1CCN(c2ccc(NC(=O)CSc3nnc(-c4ccco4)o3)cc2)CC1. The number of amides is 1. The number of rotatable bonds is 8. The Morgan fingerprint density at radius 1 is 1.17 bits per heavy atom. The molecule has 0 unspecified atom stereocenters. The number of benzene rings is 1. The molecule has 3 aromatic rings. The van der Waals surface area contributed by atoms with E-state index in [1.165, 1.54) is 18.0 Å². The molecular formula is C21H23N5O3S. The Bertz CT molecular complexity index is 963. The van der Waals surface area contributed by atoms with Gasteiger partial charge in [-0.05, 0) is 36.4 Å². The Balaban J connectivity index is 1.24. The highest BCUT2D eigenvalue weighted by Crippen LogP contribution is 2.24. The van der Waals surface area contributed by atoms with Crippen LogP contribution in [0.5, 0.6) is 0 Å². The molecule has 0 atom stereocenters. The minimum atomic E-state index is -0.136. The Labute approximate surface area is 178 Å². The van der Waals surface area contributed by atoms with E-state index in [1.807, 2.05) is 30.3 Å². The molecule has 9 heteroatoms. The monoisotopic (exact) mass is 425 g/mol. The molecule has 1 saturated heterocycles. The van der Waals surface area contributed by atoms with Crippen LogP contribution >= 0.6 is 11.8 Å². The molecule has 1 fully saturated rings. The highest BCUT2D eigenvalue weighted by Gasteiger charge is 2.16. The summed E-state index contributed by atoms with van der Waals surface area (Å²) in [5, 5.41) is 11.1. The predicted molar refractivity (Wildman–Crippen MR) is 117 cm³/mol. The Kier molecular flexibility index (Phi) is 6.50. The Morgan fingerprint density at radius 2 is 1.97 bits per heavy atom. The predicted octanol–water partition coefficient (Wildman–Crippen LogP) is 3.37. The standard InChI is InChI=1S/C21H23N5O3S/c1-2-9-25-10-12-26(13-11-25)17-7-5-16(6-8-17)22-19(27)15-30-21-24-23-20(29-21)18-4-3-14-28-18/h2-8,14H,1,9-13,15H2,(H,22,27). The summed E-state index contributed by atoms with van der Waals surface area (Å²) in [6.07, 6.45) is 3.48. The number of anilines is 2. The second-order valence-electron chi connectivity index (χ2n) is 6.81. The number of hydrogen-bond acceptors (Lipinski definition) is 8. The summed E-state index contributed by atoms with van der Waals surface area (Å²) in [6.45, 7) is 8.76. The molecular weight excluding hydrogens is 402 g/mol. The molecule has 1 aromatic carbocycles. The van der Waals surface area contributed by atoms with Crippen molar-refractivity contribution in [2.75, 3.05) is 48.7 Å². The minimum absolute atomic E-state index is 0.136. The van der Waals surface area contributed by atoms with Crippen LogP contribution in [0.25, 0.3) is 11.7 Å². The molecule has 156 valence electrons. The molecule has 0 saturated carbocycles. The summed E-state index contributed by atoms with van der Waals surface area (Å²) in [7, 11) is 0. The summed E-state index contributed by atoms with van der Waals surface area (Å²) < 4.78 is 10.7. The van der Waals surface area contributed by atoms with Crippen molar-refractivity contribution >= 4 is 29.0 Å². The van der Waals surface area contributed by atoms with Crippen LogP contribution in [0, 0.1) is 0 Å². The highest BCUT2D eigenvalue weighted by atomic mass is 32.2. The lowest BCUT2D eigenvalue weighted by Crippen LogP contribution is -2.46. The van der Waals surface area contributed by atoms with E-state index in [0.717, 1.165) is 44.1 Å². The van der Waals surface area contributed by atoms with Crippen LogP contribution in [-0.4, -0.2) is 59.5 Å².